The van der Waals surface area contributed by atoms with Gasteiger partial charge in [0.25, 0.3) is 0 Å². The monoisotopic (exact) mass is 327 g/mol. The molecule has 0 spiro atoms. The molecule has 0 unspecified atom stereocenters. The molecule has 1 aliphatic rings. The van der Waals surface area contributed by atoms with Crippen molar-refractivity contribution < 1.29 is 4.79 Å². The van der Waals surface area contributed by atoms with Crippen molar-refractivity contribution in [1.29, 1.82) is 0 Å². The Morgan fingerprint density at radius 3 is 2.92 bits per heavy atom. The third kappa shape index (κ3) is 3.58. The summed E-state index contributed by atoms with van der Waals surface area (Å²) in [5, 5.41) is 10.2. The van der Waals surface area contributed by atoms with Crippen LogP contribution in [0.3, 0.4) is 0 Å². The van der Waals surface area contributed by atoms with Gasteiger partial charge in [0.05, 0.1) is 12.1 Å². The number of H-pyrrole nitrogens is 1. The standard InChI is InChI=1S/C18H25N5O/c1-12-6-4-8-17(20-12)23-9-5-7-15(23)11-19-18(24)10-16-13(2)21-22-14(16)3/h4,6,8,15H,5,7,9-11H2,1-3H3,(H,19,24)(H,21,22)/t15-/m1/s1. The van der Waals surface area contributed by atoms with E-state index in [1.807, 2.05) is 39.0 Å². The number of anilines is 1. The van der Waals surface area contributed by atoms with Crippen molar-refractivity contribution >= 4 is 11.7 Å². The number of nitrogens with one attached hydrogen (secondary N) is 2. The van der Waals surface area contributed by atoms with E-state index in [9.17, 15) is 4.79 Å². The summed E-state index contributed by atoms with van der Waals surface area (Å²) in [6, 6.07) is 6.41. The van der Waals surface area contributed by atoms with Crippen molar-refractivity contribution in [3.05, 3.63) is 40.8 Å². The van der Waals surface area contributed by atoms with Crippen molar-refractivity contribution in [1.82, 2.24) is 20.5 Å². The van der Waals surface area contributed by atoms with Crippen molar-refractivity contribution in [3.63, 3.8) is 0 Å². The normalized spacial score (nSPS) is 17.3. The summed E-state index contributed by atoms with van der Waals surface area (Å²) >= 11 is 0. The lowest BCUT2D eigenvalue weighted by Crippen LogP contribution is -2.41. The van der Waals surface area contributed by atoms with Crippen molar-refractivity contribution in [3.8, 4) is 0 Å². The number of rotatable bonds is 5. The molecule has 1 fully saturated rings. The Bertz CT molecular complexity index is 704. The number of aromatic nitrogens is 3. The zero-order chi connectivity index (χ0) is 17.1. The van der Waals surface area contributed by atoms with Crippen LogP contribution in [-0.2, 0) is 11.2 Å². The van der Waals surface area contributed by atoms with Crippen LogP contribution in [0.25, 0.3) is 0 Å². The first kappa shape index (κ1) is 16.5. The van der Waals surface area contributed by atoms with Crippen molar-refractivity contribution in [2.45, 2.75) is 46.1 Å². The van der Waals surface area contributed by atoms with E-state index in [0.29, 0.717) is 19.0 Å². The number of nitrogens with zero attached hydrogens (tertiary/aromatic N) is 3. The minimum Gasteiger partial charge on any atom is -0.354 e. The Labute approximate surface area is 142 Å². The first-order chi connectivity index (χ1) is 11.5. The zero-order valence-electron chi connectivity index (χ0n) is 14.6. The lowest BCUT2D eigenvalue weighted by Gasteiger charge is -2.26. The van der Waals surface area contributed by atoms with E-state index < -0.39 is 0 Å². The Balaban J connectivity index is 1.58. The van der Waals surface area contributed by atoms with Crippen LogP contribution in [0.4, 0.5) is 5.82 Å². The van der Waals surface area contributed by atoms with Crippen LogP contribution in [0.1, 0.15) is 35.5 Å². The highest BCUT2D eigenvalue weighted by molar-refractivity contribution is 5.79. The Morgan fingerprint density at radius 1 is 1.38 bits per heavy atom. The fraction of sp³-hybridized carbons (Fsp3) is 0.500. The molecule has 6 nitrogen and oxygen atoms in total. The van der Waals surface area contributed by atoms with E-state index in [-0.39, 0.29) is 5.91 Å². The predicted octanol–water partition coefficient (Wildman–Crippen LogP) is 2.06. The fourth-order valence-corrected chi connectivity index (χ4v) is 3.33. The quantitative estimate of drug-likeness (QED) is 0.881. The van der Waals surface area contributed by atoms with Crippen molar-refractivity contribution in [2.24, 2.45) is 0 Å². The number of pyridine rings is 1. The van der Waals surface area contributed by atoms with Crippen LogP contribution in [-0.4, -0.2) is 40.2 Å². The molecule has 0 bridgehead atoms. The Hall–Kier alpha value is -2.37. The number of carbonyl (C=O) groups excluding carboxylic acids is 1. The van der Waals surface area contributed by atoms with Crippen LogP contribution in [0.2, 0.25) is 0 Å². The van der Waals surface area contributed by atoms with Gasteiger partial charge in [-0.15, -0.1) is 0 Å². The first-order valence-electron chi connectivity index (χ1n) is 8.52. The van der Waals surface area contributed by atoms with Gasteiger partial charge in [0.2, 0.25) is 5.91 Å². The largest absolute Gasteiger partial charge is 0.354 e. The predicted molar refractivity (Wildman–Crippen MR) is 94.1 cm³/mol. The van der Waals surface area contributed by atoms with Gasteiger partial charge in [-0.3, -0.25) is 9.89 Å². The average molecular weight is 327 g/mol. The minimum absolute atomic E-state index is 0.0478. The van der Waals surface area contributed by atoms with Gasteiger partial charge >= 0.3 is 0 Å². The zero-order valence-corrected chi connectivity index (χ0v) is 14.6. The molecule has 1 saturated heterocycles. The molecule has 2 aromatic rings. The molecule has 0 aromatic carbocycles. The molecule has 2 N–H and O–H groups in total. The first-order valence-corrected chi connectivity index (χ1v) is 8.52. The summed E-state index contributed by atoms with van der Waals surface area (Å²) in [5.41, 5.74) is 3.88. The van der Waals surface area contributed by atoms with E-state index in [1.165, 1.54) is 0 Å². The topological polar surface area (TPSA) is 73.9 Å². The lowest BCUT2D eigenvalue weighted by molar-refractivity contribution is -0.120. The highest BCUT2D eigenvalue weighted by Crippen LogP contribution is 2.23. The molecule has 0 aliphatic carbocycles. The van der Waals surface area contributed by atoms with Gasteiger partial charge < -0.3 is 10.2 Å². The second-order valence-electron chi connectivity index (χ2n) is 6.52. The van der Waals surface area contributed by atoms with Gasteiger partial charge in [-0.2, -0.15) is 5.10 Å². The molecule has 0 saturated carbocycles. The van der Waals surface area contributed by atoms with Crippen LogP contribution >= 0.6 is 0 Å². The van der Waals surface area contributed by atoms with Crippen LogP contribution < -0.4 is 10.2 Å². The molecular formula is C18H25N5O. The number of hydrogen-bond donors (Lipinski definition) is 2. The summed E-state index contributed by atoms with van der Waals surface area (Å²) in [6.07, 6.45) is 2.60. The molecule has 0 radical (unpaired) electrons. The number of amides is 1. The van der Waals surface area contributed by atoms with Crippen molar-refractivity contribution in [2.75, 3.05) is 18.0 Å². The number of aryl methyl sites for hydroxylation is 3. The minimum atomic E-state index is 0.0478. The summed E-state index contributed by atoms with van der Waals surface area (Å²) < 4.78 is 0. The molecule has 1 atom stereocenters. The molecule has 1 aliphatic heterocycles. The second-order valence-corrected chi connectivity index (χ2v) is 6.52. The van der Waals surface area contributed by atoms with Gasteiger partial charge in [-0.25, -0.2) is 4.98 Å². The Kier molecular flexibility index (Phi) is 4.83. The summed E-state index contributed by atoms with van der Waals surface area (Å²) in [4.78, 5) is 19.2. The van der Waals surface area contributed by atoms with Gasteiger partial charge in [-0.05, 0) is 45.7 Å². The third-order valence-corrected chi connectivity index (χ3v) is 4.70. The maximum atomic E-state index is 12.3. The Morgan fingerprint density at radius 2 is 2.21 bits per heavy atom. The van der Waals surface area contributed by atoms with Gasteiger partial charge in [-0.1, -0.05) is 6.07 Å². The molecule has 24 heavy (non-hydrogen) atoms. The maximum Gasteiger partial charge on any atom is 0.224 e. The van der Waals surface area contributed by atoms with E-state index in [1.54, 1.807) is 0 Å². The third-order valence-electron chi connectivity index (χ3n) is 4.70. The van der Waals surface area contributed by atoms with Crippen LogP contribution in [0.5, 0.6) is 0 Å². The maximum absolute atomic E-state index is 12.3. The average Bonchev–Trinajstić information content (AvgIpc) is 3.15. The van der Waals surface area contributed by atoms with E-state index in [4.69, 9.17) is 0 Å². The van der Waals surface area contributed by atoms with Gasteiger partial charge in [0.15, 0.2) is 0 Å². The highest BCUT2D eigenvalue weighted by Gasteiger charge is 2.26. The van der Waals surface area contributed by atoms with Gasteiger partial charge in [0, 0.05) is 36.1 Å². The molecular weight excluding hydrogens is 302 g/mol. The van der Waals surface area contributed by atoms with E-state index in [2.05, 4.69) is 25.4 Å². The highest BCUT2D eigenvalue weighted by atomic mass is 16.1. The SMILES string of the molecule is Cc1cccc(N2CCC[C@@H]2CNC(=O)Cc2c(C)n[nH]c2C)n1. The van der Waals surface area contributed by atoms with Gasteiger partial charge in [0.1, 0.15) is 5.82 Å². The van der Waals surface area contributed by atoms with E-state index >= 15 is 0 Å². The molecule has 128 valence electrons. The van der Waals surface area contributed by atoms with Crippen LogP contribution in [0, 0.1) is 20.8 Å². The lowest BCUT2D eigenvalue weighted by atomic mass is 10.1. The molecule has 2 aromatic heterocycles. The number of carbonyl (C=O) groups is 1. The summed E-state index contributed by atoms with van der Waals surface area (Å²) in [6.45, 7) is 7.53. The molecule has 3 rings (SSSR count). The molecule has 6 heteroatoms. The van der Waals surface area contributed by atoms with Crippen LogP contribution in [0.15, 0.2) is 18.2 Å². The van der Waals surface area contributed by atoms with E-state index in [0.717, 1.165) is 47.8 Å². The smallest absolute Gasteiger partial charge is 0.224 e. The number of aromatic amines is 1. The summed E-state index contributed by atoms with van der Waals surface area (Å²) in [5.74, 6) is 1.06. The second kappa shape index (κ2) is 7.03. The number of hydrogen-bond acceptors (Lipinski definition) is 4. The fourth-order valence-electron chi connectivity index (χ4n) is 3.33. The molecule has 3 heterocycles. The molecule has 1 amide bonds. The summed E-state index contributed by atoms with van der Waals surface area (Å²) in [7, 11) is 0.